The molecule has 0 amide bonds. The van der Waals surface area contributed by atoms with Gasteiger partial charge in [0, 0.05) is 13.1 Å². The number of likely N-dealkylation sites (tertiary alicyclic amines) is 1. The molecule has 0 radical (unpaired) electrons. The molecule has 2 aromatic heterocycles. The van der Waals surface area contributed by atoms with Crippen molar-refractivity contribution in [2.45, 2.75) is 71.0 Å². The number of hydrogen-bond donors (Lipinski definition) is 2. The third-order valence-corrected chi connectivity index (χ3v) is 10.0. The molecule has 42 heavy (non-hydrogen) atoms. The predicted octanol–water partition coefficient (Wildman–Crippen LogP) is 5.06. The minimum absolute atomic E-state index is 0.268. The Hall–Kier alpha value is -3.46. The van der Waals surface area contributed by atoms with E-state index in [0.29, 0.717) is 28.9 Å². The van der Waals surface area contributed by atoms with Crippen LogP contribution in [0.15, 0.2) is 42.6 Å². The van der Waals surface area contributed by atoms with Crippen LogP contribution in [0.3, 0.4) is 0 Å². The molecule has 220 valence electrons. The van der Waals surface area contributed by atoms with Gasteiger partial charge in [0.1, 0.15) is 5.60 Å². The van der Waals surface area contributed by atoms with Gasteiger partial charge in [-0.1, -0.05) is 6.42 Å². The summed E-state index contributed by atoms with van der Waals surface area (Å²) >= 11 is 0.268. The van der Waals surface area contributed by atoms with Crippen LogP contribution >= 0.6 is 0 Å². The number of nitrogens with one attached hydrogen (secondary N) is 1. The molecule has 1 saturated heterocycles. The number of ether oxygens (including phenoxy) is 1. The summed E-state index contributed by atoms with van der Waals surface area (Å²) in [6, 6.07) is 12.3. The Bertz CT molecular complexity index is 1660. The van der Waals surface area contributed by atoms with E-state index in [4.69, 9.17) is 15.9 Å². The number of benzene rings is 2. The molecule has 9 nitrogen and oxygen atoms in total. The molecule has 1 aliphatic carbocycles. The van der Waals surface area contributed by atoms with Crippen molar-refractivity contribution in [2.24, 2.45) is 5.41 Å². The number of rotatable bonds is 7. The summed E-state index contributed by atoms with van der Waals surface area (Å²) in [5, 5.41) is 17.7. The number of carbonyl (C=O) groups is 1. The first-order valence-electron chi connectivity index (χ1n) is 14.5. The quantitative estimate of drug-likeness (QED) is 0.167. The summed E-state index contributed by atoms with van der Waals surface area (Å²) in [6.45, 7) is 9.10. The molecule has 0 bridgehead atoms. The van der Waals surface area contributed by atoms with E-state index in [-0.39, 0.29) is 21.1 Å². The van der Waals surface area contributed by atoms with Gasteiger partial charge in [0.05, 0.1) is 0 Å². The molecule has 2 aliphatic rings. The minimum atomic E-state index is -0.599. The molecule has 2 aromatic carbocycles. The van der Waals surface area contributed by atoms with Gasteiger partial charge in [-0.2, -0.15) is 0 Å². The van der Waals surface area contributed by atoms with E-state index in [1.807, 2.05) is 33.0 Å². The summed E-state index contributed by atoms with van der Waals surface area (Å²) in [6.07, 6.45) is 8.06. The van der Waals surface area contributed by atoms with Crippen LogP contribution in [0.5, 0.6) is 0 Å². The second kappa shape index (κ2) is 11.0. The second-order valence-electron chi connectivity index (χ2n) is 12.8. The van der Waals surface area contributed by atoms with Crippen molar-refractivity contribution in [1.29, 1.82) is 5.41 Å². The van der Waals surface area contributed by atoms with E-state index < -0.39 is 5.60 Å². The first-order valence-corrected chi connectivity index (χ1v) is 17.1. The Morgan fingerprint density at radius 3 is 2.64 bits per heavy atom. The zero-order valence-corrected chi connectivity index (χ0v) is 26.5. The number of hydrogen-bond acceptors (Lipinski definition) is 7. The molecule has 2 fully saturated rings. The summed E-state index contributed by atoms with van der Waals surface area (Å²) in [5.41, 5.74) is 11.7. The summed E-state index contributed by atoms with van der Waals surface area (Å²) in [7, 11) is 0. The van der Waals surface area contributed by atoms with Crippen LogP contribution in [0.1, 0.15) is 63.3 Å². The molecule has 10 heteroatoms. The zero-order valence-electron chi connectivity index (χ0n) is 24.8. The van der Waals surface area contributed by atoms with Crippen molar-refractivity contribution in [3.05, 3.63) is 59.4 Å². The number of aromatic nitrogens is 4. The van der Waals surface area contributed by atoms with Crippen molar-refractivity contribution < 1.29 is 9.53 Å². The van der Waals surface area contributed by atoms with Gasteiger partial charge in [-0.25, -0.2) is 4.79 Å². The van der Waals surface area contributed by atoms with Crippen LogP contribution in [0.25, 0.3) is 22.2 Å². The number of nitrogens with two attached hydrogens (primary N) is 1. The van der Waals surface area contributed by atoms with Crippen LogP contribution < -0.4 is 10.2 Å². The molecule has 1 aliphatic heterocycles. The molecular formula is C32H39N7O2Se. The number of nitrogen functional groups attached to an aromatic ring is 1. The maximum atomic E-state index is 13.6. The summed E-state index contributed by atoms with van der Waals surface area (Å²) in [5.74, 6) is 2.14. The van der Waals surface area contributed by atoms with Crippen molar-refractivity contribution in [3.8, 4) is 11.3 Å². The fourth-order valence-corrected chi connectivity index (χ4v) is 7.35. The fourth-order valence-electron chi connectivity index (χ4n) is 6.34. The molecule has 0 unspecified atom stereocenters. The van der Waals surface area contributed by atoms with E-state index in [2.05, 4.69) is 51.4 Å². The third-order valence-electron chi connectivity index (χ3n) is 8.56. The monoisotopic (exact) mass is 633 g/mol. The maximum absolute atomic E-state index is 13.6. The van der Waals surface area contributed by atoms with E-state index >= 15 is 0 Å². The van der Waals surface area contributed by atoms with E-state index in [9.17, 15) is 4.79 Å². The van der Waals surface area contributed by atoms with Gasteiger partial charge < -0.3 is 4.74 Å². The third kappa shape index (κ3) is 5.63. The number of nitrogens with zero attached hydrogens (tertiary/aromatic N) is 5. The van der Waals surface area contributed by atoms with Crippen LogP contribution in [0.2, 0.25) is 5.82 Å². The fraction of sp³-hybridized carbons (Fsp3) is 0.438. The summed E-state index contributed by atoms with van der Waals surface area (Å²) in [4.78, 5) is 16.1. The van der Waals surface area contributed by atoms with Gasteiger partial charge in [-0.05, 0) is 52.0 Å². The van der Waals surface area contributed by atoms with Gasteiger partial charge in [-0.3, -0.25) is 4.90 Å². The Labute approximate surface area is 253 Å². The van der Waals surface area contributed by atoms with Crippen LogP contribution in [0, 0.1) is 10.8 Å². The van der Waals surface area contributed by atoms with Crippen LogP contribution in [-0.4, -0.2) is 70.4 Å². The van der Waals surface area contributed by atoms with Gasteiger partial charge in [0.25, 0.3) is 0 Å². The van der Waals surface area contributed by atoms with Crippen molar-refractivity contribution >= 4 is 48.3 Å². The van der Waals surface area contributed by atoms with E-state index in [0.717, 1.165) is 51.8 Å². The second-order valence-corrected chi connectivity index (χ2v) is 14.6. The molecule has 0 atom stereocenters. The summed E-state index contributed by atoms with van der Waals surface area (Å²) < 4.78 is 10.6. The average Bonchev–Trinajstić information content (AvgIpc) is 3.64. The number of fused-ring (bicyclic) bond motifs is 1. The first kappa shape index (κ1) is 28.6. The van der Waals surface area contributed by atoms with Crippen molar-refractivity contribution in [1.82, 2.24) is 24.5 Å². The molecule has 6 rings (SSSR count). The Balaban J connectivity index is 1.31. The standard InChI is InChI=1S/C32H39N7O2Se/c1-31(2,3)41-30(40)39-23(18-37-11-10-32(20-37)8-5-9-32)13-22-7-6-21(12-29(22)39)17-38-19-28(35-36-38)25-14-24(42-4)15-27(34)26(25)16-33/h6-7,12-16,19,33H,5,8-11,17-18,20,34H2,1-4H3. The Kier molecular flexibility index (Phi) is 7.49. The average molecular weight is 633 g/mol. The molecule has 4 aromatic rings. The first-order chi connectivity index (χ1) is 20.1. The molecule has 1 spiro atoms. The Morgan fingerprint density at radius 1 is 1.17 bits per heavy atom. The van der Waals surface area contributed by atoms with Gasteiger partial charge in [0.2, 0.25) is 0 Å². The Morgan fingerprint density at radius 2 is 1.98 bits per heavy atom. The zero-order chi connectivity index (χ0) is 29.6. The topological polar surface area (TPSA) is 115 Å². The number of carbonyl (C=O) groups excluding carboxylic acids is 1. The van der Waals surface area contributed by atoms with Gasteiger partial charge in [0.15, 0.2) is 0 Å². The SMILES string of the molecule is C[Se]c1cc(N)c(C=N)c(-c2cn(Cc3ccc4cc(CN5CCC6(CCC6)C5)n(C(=O)OC(C)(C)C)c4c3)nn2)c1. The normalized spacial score (nSPS) is 16.7. The van der Waals surface area contributed by atoms with E-state index in [1.54, 1.807) is 9.25 Å². The number of anilines is 1. The van der Waals surface area contributed by atoms with Crippen molar-refractivity contribution in [3.63, 3.8) is 0 Å². The molecule has 1 saturated carbocycles. The van der Waals surface area contributed by atoms with Crippen LogP contribution in [-0.2, 0) is 17.8 Å². The molecule has 3 N–H and O–H groups in total. The van der Waals surface area contributed by atoms with Crippen molar-refractivity contribution in [2.75, 3.05) is 18.8 Å². The van der Waals surface area contributed by atoms with Gasteiger partial charge in [-0.15, -0.1) is 0 Å². The predicted molar refractivity (Wildman–Crippen MR) is 168 cm³/mol. The van der Waals surface area contributed by atoms with E-state index in [1.165, 1.54) is 31.9 Å². The molecular weight excluding hydrogens is 593 g/mol. The van der Waals surface area contributed by atoms with Gasteiger partial charge >= 0.3 is 162 Å². The van der Waals surface area contributed by atoms with Crippen LogP contribution in [0.4, 0.5) is 10.5 Å². The molecule has 3 heterocycles.